The van der Waals surface area contributed by atoms with Gasteiger partial charge in [-0.15, -0.1) is 0 Å². The number of fused-ring (bicyclic) bond motifs is 1. The number of hydrogen-bond donors (Lipinski definition) is 1. The molecule has 0 unspecified atom stereocenters. The van der Waals surface area contributed by atoms with Crippen LogP contribution in [-0.2, 0) is 17.3 Å². The van der Waals surface area contributed by atoms with Gasteiger partial charge in [-0.25, -0.2) is 9.97 Å². The molecule has 0 amide bonds. The smallest absolute Gasteiger partial charge is 0.314 e. The molecule has 6 heteroatoms. The zero-order chi connectivity index (χ0) is 13.6. The summed E-state index contributed by atoms with van der Waals surface area (Å²) in [6.07, 6.45) is 5.61. The molecule has 0 atom stereocenters. The highest BCUT2D eigenvalue weighted by Gasteiger charge is 2.48. The fourth-order valence-electron chi connectivity index (χ4n) is 2.70. The second-order valence-electron chi connectivity index (χ2n) is 4.98. The Balaban J connectivity index is 2.26. The van der Waals surface area contributed by atoms with Crippen LogP contribution in [0.1, 0.15) is 24.8 Å². The number of nitrogens with zero attached hydrogens (tertiary/aromatic N) is 3. The minimum atomic E-state index is -0.805. The highest BCUT2D eigenvalue weighted by atomic mass is 16.5. The summed E-state index contributed by atoms with van der Waals surface area (Å²) in [7, 11) is 3.37. The molecular formula is C13H15N3O3. The van der Waals surface area contributed by atoms with E-state index in [0.717, 1.165) is 12.0 Å². The number of aryl methyl sites for hydroxylation is 1. The average molecular weight is 261 g/mol. The molecule has 1 fully saturated rings. The van der Waals surface area contributed by atoms with E-state index in [9.17, 15) is 9.90 Å². The number of rotatable bonds is 3. The second-order valence-corrected chi connectivity index (χ2v) is 4.98. The fraction of sp³-hybridized carbons (Fsp3) is 0.462. The molecule has 0 radical (unpaired) electrons. The van der Waals surface area contributed by atoms with Crippen LogP contribution < -0.4 is 4.74 Å². The Bertz CT molecular complexity index is 658. The molecular weight excluding hydrogens is 246 g/mol. The van der Waals surface area contributed by atoms with Gasteiger partial charge >= 0.3 is 5.97 Å². The first-order chi connectivity index (χ1) is 9.08. The molecule has 2 heterocycles. The van der Waals surface area contributed by atoms with E-state index in [2.05, 4.69) is 9.97 Å². The van der Waals surface area contributed by atoms with Gasteiger partial charge in [-0.2, -0.15) is 0 Å². The molecule has 1 saturated carbocycles. The molecule has 1 aliphatic carbocycles. The van der Waals surface area contributed by atoms with Gasteiger partial charge in [0.15, 0.2) is 5.65 Å². The number of aromatic nitrogens is 3. The van der Waals surface area contributed by atoms with Crippen LogP contribution in [-0.4, -0.2) is 32.7 Å². The third kappa shape index (κ3) is 1.52. The molecule has 0 bridgehead atoms. The molecule has 19 heavy (non-hydrogen) atoms. The predicted molar refractivity (Wildman–Crippen MR) is 68.2 cm³/mol. The highest BCUT2D eigenvalue weighted by molar-refractivity contribution is 5.90. The van der Waals surface area contributed by atoms with Gasteiger partial charge in [-0.3, -0.25) is 4.79 Å². The Labute approximate surface area is 110 Å². The molecule has 0 spiro atoms. The fourth-order valence-corrected chi connectivity index (χ4v) is 2.70. The molecule has 0 aliphatic heterocycles. The summed E-state index contributed by atoms with van der Waals surface area (Å²) in [6, 6.07) is 0. The number of carbonyl (C=O) groups is 1. The maximum atomic E-state index is 11.6. The Morgan fingerprint density at radius 2 is 2.26 bits per heavy atom. The molecule has 2 aromatic heterocycles. The van der Waals surface area contributed by atoms with Crippen molar-refractivity contribution in [2.45, 2.75) is 24.7 Å². The normalized spacial score (nSPS) is 17.2. The third-order valence-corrected chi connectivity index (χ3v) is 3.98. The van der Waals surface area contributed by atoms with E-state index in [1.54, 1.807) is 6.20 Å². The van der Waals surface area contributed by atoms with E-state index < -0.39 is 11.4 Å². The van der Waals surface area contributed by atoms with E-state index in [-0.39, 0.29) is 0 Å². The topological polar surface area (TPSA) is 77.2 Å². The lowest BCUT2D eigenvalue weighted by molar-refractivity contribution is -0.147. The molecule has 2 aromatic rings. The lowest BCUT2D eigenvalue weighted by Crippen LogP contribution is -2.42. The largest absolute Gasteiger partial charge is 0.481 e. The third-order valence-electron chi connectivity index (χ3n) is 3.98. The van der Waals surface area contributed by atoms with Crippen LogP contribution >= 0.6 is 0 Å². The maximum Gasteiger partial charge on any atom is 0.314 e. The maximum absolute atomic E-state index is 11.6. The van der Waals surface area contributed by atoms with E-state index in [1.807, 2.05) is 17.8 Å². The summed E-state index contributed by atoms with van der Waals surface area (Å²) < 4.78 is 6.90. The minimum Gasteiger partial charge on any atom is -0.481 e. The van der Waals surface area contributed by atoms with Crippen molar-refractivity contribution in [3.05, 3.63) is 18.0 Å². The summed E-state index contributed by atoms with van der Waals surface area (Å²) in [4.78, 5) is 20.3. The zero-order valence-electron chi connectivity index (χ0n) is 10.9. The quantitative estimate of drug-likeness (QED) is 0.905. The molecule has 0 aromatic carbocycles. The Morgan fingerprint density at radius 3 is 2.79 bits per heavy atom. The van der Waals surface area contributed by atoms with Gasteiger partial charge < -0.3 is 14.4 Å². The zero-order valence-corrected chi connectivity index (χ0v) is 10.9. The van der Waals surface area contributed by atoms with Gasteiger partial charge in [0.1, 0.15) is 5.52 Å². The van der Waals surface area contributed by atoms with Crippen LogP contribution in [0.4, 0.5) is 0 Å². The van der Waals surface area contributed by atoms with Crippen LogP contribution in [0.5, 0.6) is 5.88 Å². The van der Waals surface area contributed by atoms with Crippen molar-refractivity contribution in [1.29, 1.82) is 0 Å². The summed E-state index contributed by atoms with van der Waals surface area (Å²) in [5, 5.41) is 9.54. The summed E-state index contributed by atoms with van der Waals surface area (Å²) >= 11 is 0. The van der Waals surface area contributed by atoms with Gasteiger partial charge in [0.2, 0.25) is 5.88 Å². The first-order valence-electron chi connectivity index (χ1n) is 6.18. The van der Waals surface area contributed by atoms with E-state index in [4.69, 9.17) is 4.74 Å². The van der Waals surface area contributed by atoms with Crippen LogP contribution in [0.15, 0.2) is 12.4 Å². The van der Waals surface area contributed by atoms with Gasteiger partial charge in [0, 0.05) is 18.8 Å². The lowest BCUT2D eigenvalue weighted by Gasteiger charge is -2.37. The summed E-state index contributed by atoms with van der Waals surface area (Å²) in [5.74, 6) is -0.379. The van der Waals surface area contributed by atoms with Crippen molar-refractivity contribution in [3.8, 4) is 5.88 Å². The van der Waals surface area contributed by atoms with Crippen LogP contribution in [0.3, 0.4) is 0 Å². The second kappa shape index (κ2) is 3.94. The van der Waals surface area contributed by atoms with Crippen molar-refractivity contribution < 1.29 is 14.6 Å². The predicted octanol–water partition coefficient (Wildman–Crippen LogP) is 1.48. The average Bonchev–Trinajstić information content (AvgIpc) is 2.65. The van der Waals surface area contributed by atoms with Crippen LogP contribution in [0.2, 0.25) is 0 Å². The Morgan fingerprint density at radius 1 is 1.53 bits per heavy atom. The van der Waals surface area contributed by atoms with E-state index in [1.165, 1.54) is 7.11 Å². The monoisotopic (exact) mass is 261 g/mol. The summed E-state index contributed by atoms with van der Waals surface area (Å²) in [5.41, 5.74) is 1.25. The van der Waals surface area contributed by atoms with Gasteiger partial charge in [-0.1, -0.05) is 6.42 Å². The first-order valence-corrected chi connectivity index (χ1v) is 6.18. The van der Waals surface area contributed by atoms with Crippen molar-refractivity contribution in [2.24, 2.45) is 7.05 Å². The van der Waals surface area contributed by atoms with Crippen molar-refractivity contribution in [3.63, 3.8) is 0 Å². The number of carboxylic acids is 1. The Hall–Kier alpha value is -2.11. The van der Waals surface area contributed by atoms with Crippen molar-refractivity contribution in [2.75, 3.05) is 7.11 Å². The first kappa shape index (κ1) is 12.0. The van der Waals surface area contributed by atoms with E-state index >= 15 is 0 Å². The van der Waals surface area contributed by atoms with Gasteiger partial charge in [-0.05, 0) is 12.8 Å². The highest BCUT2D eigenvalue weighted by Crippen LogP contribution is 2.46. The molecule has 1 N–H and O–H groups in total. The number of carboxylic acid groups (broad SMARTS) is 1. The standard InChI is InChI=1S/C13H15N3O3/c1-16-7-8(13(12(17)18)4-3-5-13)10-11(16)14-6-9(15-10)19-2/h6-7H,3-5H2,1-2H3,(H,17,18). The number of hydrogen-bond acceptors (Lipinski definition) is 4. The number of aliphatic carboxylic acids is 1. The molecule has 6 nitrogen and oxygen atoms in total. The number of methoxy groups -OCH3 is 1. The molecule has 100 valence electrons. The molecule has 0 saturated heterocycles. The molecule has 3 rings (SSSR count). The summed E-state index contributed by atoms with van der Waals surface area (Å²) in [6.45, 7) is 0. The Kier molecular flexibility index (Phi) is 2.48. The van der Waals surface area contributed by atoms with Gasteiger partial charge in [0.25, 0.3) is 0 Å². The van der Waals surface area contributed by atoms with Crippen molar-refractivity contribution in [1.82, 2.24) is 14.5 Å². The van der Waals surface area contributed by atoms with Gasteiger partial charge in [0.05, 0.1) is 18.7 Å². The van der Waals surface area contributed by atoms with Crippen LogP contribution in [0.25, 0.3) is 11.2 Å². The van der Waals surface area contributed by atoms with E-state index in [0.29, 0.717) is 29.9 Å². The molecule has 1 aliphatic rings. The minimum absolute atomic E-state index is 0.403. The lowest BCUT2D eigenvalue weighted by atomic mass is 9.65. The SMILES string of the molecule is COc1cnc2c(n1)c(C1(C(=O)O)CCC1)cn2C. The number of ether oxygens (including phenoxy) is 1. The van der Waals surface area contributed by atoms with Crippen LogP contribution in [0, 0.1) is 0 Å². The van der Waals surface area contributed by atoms with Crippen molar-refractivity contribution >= 4 is 17.1 Å².